The average molecular weight is 275 g/mol. The predicted octanol–water partition coefficient (Wildman–Crippen LogP) is 3.21. The van der Waals surface area contributed by atoms with Crippen LogP contribution < -0.4 is 10.6 Å². The summed E-state index contributed by atoms with van der Waals surface area (Å²) in [7, 11) is 0. The van der Waals surface area contributed by atoms with E-state index >= 15 is 0 Å². The van der Waals surface area contributed by atoms with Crippen molar-refractivity contribution in [2.45, 2.75) is 52.0 Å². The molecule has 1 aromatic heterocycles. The smallest absolute Gasteiger partial charge is 0.269 e. The maximum atomic E-state index is 11.8. The summed E-state index contributed by atoms with van der Waals surface area (Å²) in [4.78, 5) is 15.9. The van der Waals surface area contributed by atoms with Gasteiger partial charge in [-0.2, -0.15) is 0 Å². The van der Waals surface area contributed by atoms with Crippen LogP contribution in [0, 0.1) is 5.92 Å². The van der Waals surface area contributed by atoms with E-state index in [1.807, 2.05) is 19.1 Å². The average Bonchev–Trinajstić information content (AvgIpc) is 2.48. The summed E-state index contributed by atoms with van der Waals surface area (Å²) in [5, 5.41) is 6.32. The molecule has 20 heavy (non-hydrogen) atoms. The second kappa shape index (κ2) is 7.27. The molecular formula is C16H25N3O. The molecule has 0 aliphatic heterocycles. The maximum Gasteiger partial charge on any atom is 0.269 e. The number of nitrogens with one attached hydrogen (secondary N) is 2. The van der Waals surface area contributed by atoms with E-state index in [1.54, 1.807) is 6.20 Å². The summed E-state index contributed by atoms with van der Waals surface area (Å²) in [5.74, 6) is 0.794. The van der Waals surface area contributed by atoms with Crippen molar-refractivity contribution in [3.05, 3.63) is 24.0 Å². The summed E-state index contributed by atoms with van der Waals surface area (Å²) < 4.78 is 0. The van der Waals surface area contributed by atoms with E-state index in [2.05, 4.69) is 22.5 Å². The van der Waals surface area contributed by atoms with Gasteiger partial charge in [-0.25, -0.2) is 0 Å². The fourth-order valence-electron chi connectivity index (χ4n) is 2.85. The molecule has 0 atom stereocenters. The number of amides is 1. The lowest BCUT2D eigenvalue weighted by molar-refractivity contribution is 0.0951. The van der Waals surface area contributed by atoms with Crippen molar-refractivity contribution in [1.82, 2.24) is 10.3 Å². The van der Waals surface area contributed by atoms with Crippen LogP contribution in [0.4, 0.5) is 5.69 Å². The Morgan fingerprint density at radius 3 is 2.70 bits per heavy atom. The van der Waals surface area contributed by atoms with Crippen LogP contribution in [0.1, 0.15) is 56.4 Å². The highest BCUT2D eigenvalue weighted by molar-refractivity contribution is 5.93. The molecule has 1 aliphatic carbocycles. The van der Waals surface area contributed by atoms with Gasteiger partial charge in [0, 0.05) is 24.5 Å². The molecule has 2 N–H and O–H groups in total. The molecule has 0 aromatic carbocycles. The Kier molecular flexibility index (Phi) is 5.39. The summed E-state index contributed by atoms with van der Waals surface area (Å²) >= 11 is 0. The summed E-state index contributed by atoms with van der Waals surface area (Å²) in [6, 6.07) is 4.31. The van der Waals surface area contributed by atoms with Crippen LogP contribution in [0.25, 0.3) is 0 Å². The van der Waals surface area contributed by atoms with E-state index in [9.17, 15) is 4.79 Å². The molecule has 4 heteroatoms. The summed E-state index contributed by atoms with van der Waals surface area (Å²) in [6.07, 6.45) is 8.05. The van der Waals surface area contributed by atoms with Crippen molar-refractivity contribution in [2.24, 2.45) is 5.92 Å². The van der Waals surface area contributed by atoms with Gasteiger partial charge in [0.1, 0.15) is 5.69 Å². The highest BCUT2D eigenvalue weighted by Crippen LogP contribution is 2.28. The fraction of sp³-hybridized carbons (Fsp3) is 0.625. The first-order valence-corrected chi connectivity index (χ1v) is 7.73. The Morgan fingerprint density at radius 2 is 2.05 bits per heavy atom. The Bertz CT molecular complexity index is 439. The molecule has 0 spiro atoms. The molecule has 1 saturated carbocycles. The van der Waals surface area contributed by atoms with Crippen LogP contribution in [0.2, 0.25) is 0 Å². The van der Waals surface area contributed by atoms with Gasteiger partial charge in [0.15, 0.2) is 0 Å². The lowest BCUT2D eigenvalue weighted by Gasteiger charge is -2.29. The van der Waals surface area contributed by atoms with Gasteiger partial charge >= 0.3 is 0 Å². The molecule has 110 valence electrons. The molecule has 0 saturated heterocycles. The molecule has 1 aromatic rings. The van der Waals surface area contributed by atoms with Gasteiger partial charge in [-0.15, -0.1) is 0 Å². The third-order valence-corrected chi connectivity index (χ3v) is 4.12. The van der Waals surface area contributed by atoms with Gasteiger partial charge in [-0.3, -0.25) is 9.78 Å². The molecule has 2 rings (SSSR count). The number of carbonyl (C=O) groups excluding carboxylic acids is 1. The molecule has 0 bridgehead atoms. The Balaban J connectivity index is 1.93. The molecule has 1 amide bonds. The van der Waals surface area contributed by atoms with Crippen LogP contribution in [0.15, 0.2) is 18.3 Å². The SMILES string of the molecule is CCNC(=O)c1cc(NC2CCC(CC)CC2)ccn1. The van der Waals surface area contributed by atoms with Crippen LogP contribution in [-0.4, -0.2) is 23.5 Å². The number of aromatic nitrogens is 1. The van der Waals surface area contributed by atoms with Crippen molar-refractivity contribution in [3.8, 4) is 0 Å². The third kappa shape index (κ3) is 3.95. The predicted molar refractivity (Wildman–Crippen MR) is 81.9 cm³/mol. The molecule has 0 unspecified atom stereocenters. The van der Waals surface area contributed by atoms with Gasteiger partial charge in [0.05, 0.1) is 0 Å². The van der Waals surface area contributed by atoms with Crippen molar-refractivity contribution in [1.29, 1.82) is 0 Å². The Morgan fingerprint density at radius 1 is 1.30 bits per heavy atom. The maximum absolute atomic E-state index is 11.8. The molecule has 1 aliphatic rings. The first-order valence-electron chi connectivity index (χ1n) is 7.73. The first-order chi connectivity index (χ1) is 9.72. The quantitative estimate of drug-likeness (QED) is 0.867. The van der Waals surface area contributed by atoms with E-state index in [4.69, 9.17) is 0 Å². The van der Waals surface area contributed by atoms with Crippen molar-refractivity contribution in [3.63, 3.8) is 0 Å². The second-order valence-corrected chi connectivity index (χ2v) is 5.56. The monoisotopic (exact) mass is 275 g/mol. The number of nitrogens with zero attached hydrogens (tertiary/aromatic N) is 1. The molecule has 4 nitrogen and oxygen atoms in total. The number of carbonyl (C=O) groups is 1. The minimum absolute atomic E-state index is 0.106. The highest BCUT2D eigenvalue weighted by atomic mass is 16.1. The van der Waals surface area contributed by atoms with E-state index < -0.39 is 0 Å². The fourth-order valence-corrected chi connectivity index (χ4v) is 2.85. The molecule has 1 fully saturated rings. The minimum atomic E-state index is -0.106. The molecular weight excluding hydrogens is 250 g/mol. The number of hydrogen-bond donors (Lipinski definition) is 2. The van der Waals surface area contributed by atoms with Gasteiger partial charge in [-0.05, 0) is 50.7 Å². The van der Waals surface area contributed by atoms with Crippen LogP contribution in [0.3, 0.4) is 0 Å². The zero-order chi connectivity index (χ0) is 14.4. The Hall–Kier alpha value is -1.58. The number of anilines is 1. The zero-order valence-corrected chi connectivity index (χ0v) is 12.5. The van der Waals surface area contributed by atoms with E-state index in [1.165, 1.54) is 32.1 Å². The van der Waals surface area contributed by atoms with Crippen LogP contribution in [0.5, 0.6) is 0 Å². The van der Waals surface area contributed by atoms with Crippen molar-refractivity contribution < 1.29 is 4.79 Å². The minimum Gasteiger partial charge on any atom is -0.382 e. The number of hydrogen-bond acceptors (Lipinski definition) is 3. The zero-order valence-electron chi connectivity index (χ0n) is 12.5. The highest BCUT2D eigenvalue weighted by Gasteiger charge is 2.19. The van der Waals surface area contributed by atoms with Crippen LogP contribution >= 0.6 is 0 Å². The van der Waals surface area contributed by atoms with Crippen molar-refractivity contribution >= 4 is 11.6 Å². The Labute approximate surface area is 121 Å². The van der Waals surface area contributed by atoms with Gasteiger partial charge in [-0.1, -0.05) is 13.3 Å². The lowest BCUT2D eigenvalue weighted by Crippen LogP contribution is -2.27. The van der Waals surface area contributed by atoms with Crippen molar-refractivity contribution in [2.75, 3.05) is 11.9 Å². The summed E-state index contributed by atoms with van der Waals surface area (Å²) in [5.41, 5.74) is 1.49. The number of pyridine rings is 1. The van der Waals surface area contributed by atoms with Gasteiger partial charge < -0.3 is 10.6 Å². The number of rotatable bonds is 5. The largest absolute Gasteiger partial charge is 0.382 e. The summed E-state index contributed by atoms with van der Waals surface area (Å²) in [6.45, 7) is 4.81. The first kappa shape index (κ1) is 14.8. The topological polar surface area (TPSA) is 54.0 Å². The van der Waals surface area contributed by atoms with E-state index in [-0.39, 0.29) is 5.91 Å². The third-order valence-electron chi connectivity index (χ3n) is 4.12. The lowest BCUT2D eigenvalue weighted by atomic mass is 9.84. The van der Waals surface area contributed by atoms with Crippen LogP contribution in [-0.2, 0) is 0 Å². The normalized spacial score (nSPS) is 22.3. The van der Waals surface area contributed by atoms with Gasteiger partial charge in [0.25, 0.3) is 5.91 Å². The van der Waals surface area contributed by atoms with E-state index in [0.717, 1.165) is 11.6 Å². The van der Waals surface area contributed by atoms with Gasteiger partial charge in [0.2, 0.25) is 0 Å². The second-order valence-electron chi connectivity index (χ2n) is 5.56. The molecule has 0 radical (unpaired) electrons. The van der Waals surface area contributed by atoms with E-state index in [0.29, 0.717) is 18.3 Å². The molecule has 1 heterocycles. The standard InChI is InChI=1S/C16H25N3O/c1-3-12-5-7-13(8-6-12)19-14-9-10-18-15(11-14)16(20)17-4-2/h9-13H,3-8H2,1-2H3,(H,17,20)(H,18,19).